The van der Waals surface area contributed by atoms with Gasteiger partial charge in [-0.25, -0.2) is 12.8 Å². The van der Waals surface area contributed by atoms with Gasteiger partial charge in [-0.05, 0) is 60.3 Å². The first-order valence-corrected chi connectivity index (χ1v) is 11.5. The van der Waals surface area contributed by atoms with Crippen LogP contribution in [0.3, 0.4) is 0 Å². The molecule has 2 heterocycles. The topological polar surface area (TPSA) is 81.7 Å². The van der Waals surface area contributed by atoms with Gasteiger partial charge < -0.3 is 14.8 Å². The van der Waals surface area contributed by atoms with Gasteiger partial charge >= 0.3 is 0 Å². The Labute approximate surface area is 177 Å². The largest absolute Gasteiger partial charge is 0.454 e. The SMILES string of the molecule is Cc1cc(S(=O)(=O)[C@@H](CNC(=O)c2ccc3c(c2)OCO3)c2cccs2)ccc1F. The minimum Gasteiger partial charge on any atom is -0.454 e. The zero-order valence-corrected chi connectivity index (χ0v) is 17.6. The number of nitrogens with one attached hydrogen (secondary N) is 1. The van der Waals surface area contributed by atoms with E-state index in [2.05, 4.69) is 5.32 Å². The summed E-state index contributed by atoms with van der Waals surface area (Å²) in [5, 5.41) is 3.47. The molecule has 0 bridgehead atoms. The summed E-state index contributed by atoms with van der Waals surface area (Å²) in [6.45, 7) is 1.47. The molecule has 1 aromatic heterocycles. The highest BCUT2D eigenvalue weighted by Crippen LogP contribution is 2.34. The summed E-state index contributed by atoms with van der Waals surface area (Å²) in [6.07, 6.45) is 0. The molecule has 0 aliphatic carbocycles. The monoisotopic (exact) mass is 447 g/mol. The van der Waals surface area contributed by atoms with E-state index in [1.165, 1.54) is 30.4 Å². The predicted molar refractivity (Wildman–Crippen MR) is 110 cm³/mol. The number of hydrogen-bond acceptors (Lipinski definition) is 6. The number of amides is 1. The number of halogens is 1. The van der Waals surface area contributed by atoms with Crippen LogP contribution in [0, 0.1) is 12.7 Å². The van der Waals surface area contributed by atoms with Crippen LogP contribution in [0.25, 0.3) is 0 Å². The number of carbonyl (C=O) groups is 1. The van der Waals surface area contributed by atoms with E-state index >= 15 is 0 Å². The molecule has 0 unspecified atom stereocenters. The maximum Gasteiger partial charge on any atom is 0.251 e. The van der Waals surface area contributed by atoms with E-state index in [9.17, 15) is 17.6 Å². The minimum absolute atomic E-state index is 0.0112. The van der Waals surface area contributed by atoms with Gasteiger partial charge in [-0.15, -0.1) is 11.3 Å². The molecule has 0 spiro atoms. The van der Waals surface area contributed by atoms with Crippen molar-refractivity contribution < 1.29 is 27.1 Å². The van der Waals surface area contributed by atoms with Gasteiger partial charge in [0.15, 0.2) is 21.3 Å². The lowest BCUT2D eigenvalue weighted by molar-refractivity contribution is 0.0953. The molecule has 30 heavy (non-hydrogen) atoms. The Morgan fingerprint density at radius 2 is 1.97 bits per heavy atom. The van der Waals surface area contributed by atoms with Crippen molar-refractivity contribution in [2.75, 3.05) is 13.3 Å². The molecule has 3 aromatic rings. The van der Waals surface area contributed by atoms with Crippen LogP contribution in [0.2, 0.25) is 0 Å². The molecule has 0 fully saturated rings. The summed E-state index contributed by atoms with van der Waals surface area (Å²) < 4.78 is 50.7. The van der Waals surface area contributed by atoms with Gasteiger partial charge in [0, 0.05) is 17.0 Å². The molecule has 4 rings (SSSR count). The van der Waals surface area contributed by atoms with E-state index < -0.39 is 26.8 Å². The molecule has 0 saturated carbocycles. The average molecular weight is 448 g/mol. The van der Waals surface area contributed by atoms with Gasteiger partial charge in [-0.1, -0.05) is 6.07 Å². The molecule has 2 aromatic carbocycles. The highest BCUT2D eigenvalue weighted by molar-refractivity contribution is 7.91. The quantitative estimate of drug-likeness (QED) is 0.580. The number of hydrogen-bond donors (Lipinski definition) is 1. The van der Waals surface area contributed by atoms with Crippen LogP contribution in [0.5, 0.6) is 11.5 Å². The van der Waals surface area contributed by atoms with Crippen molar-refractivity contribution >= 4 is 27.1 Å². The van der Waals surface area contributed by atoms with Gasteiger partial charge in [0.2, 0.25) is 6.79 Å². The Hall–Kier alpha value is -2.91. The van der Waals surface area contributed by atoms with Crippen molar-refractivity contribution in [1.29, 1.82) is 0 Å². The Morgan fingerprint density at radius 3 is 2.70 bits per heavy atom. The Balaban J connectivity index is 1.59. The number of thiophene rings is 1. The summed E-state index contributed by atoms with van der Waals surface area (Å²) in [7, 11) is -3.87. The van der Waals surface area contributed by atoms with Gasteiger partial charge in [-0.3, -0.25) is 4.79 Å². The average Bonchev–Trinajstić information content (AvgIpc) is 3.41. The van der Waals surface area contributed by atoms with Crippen molar-refractivity contribution in [3.63, 3.8) is 0 Å². The molecule has 0 saturated heterocycles. The number of aryl methyl sites for hydroxylation is 1. The summed E-state index contributed by atoms with van der Waals surface area (Å²) >= 11 is 1.28. The van der Waals surface area contributed by atoms with Crippen molar-refractivity contribution in [3.8, 4) is 11.5 Å². The maximum atomic E-state index is 13.6. The summed E-state index contributed by atoms with van der Waals surface area (Å²) in [6, 6.07) is 11.9. The first-order chi connectivity index (χ1) is 14.4. The number of rotatable bonds is 6. The van der Waals surface area contributed by atoms with E-state index in [4.69, 9.17) is 9.47 Å². The first-order valence-electron chi connectivity index (χ1n) is 9.07. The summed E-state index contributed by atoms with van der Waals surface area (Å²) in [5.74, 6) is 0.113. The zero-order valence-electron chi connectivity index (χ0n) is 15.9. The Bertz CT molecular complexity index is 1190. The molecule has 9 heteroatoms. The lowest BCUT2D eigenvalue weighted by atomic mass is 10.2. The molecular formula is C21H18FNO5S2. The van der Waals surface area contributed by atoms with Crippen LogP contribution >= 0.6 is 11.3 Å². The lowest BCUT2D eigenvalue weighted by Crippen LogP contribution is -2.31. The predicted octanol–water partition coefficient (Wildman–Crippen LogP) is 3.87. The highest BCUT2D eigenvalue weighted by Gasteiger charge is 2.31. The fourth-order valence-electron chi connectivity index (χ4n) is 3.12. The zero-order chi connectivity index (χ0) is 21.3. The Morgan fingerprint density at radius 1 is 1.17 bits per heavy atom. The molecule has 1 amide bonds. The number of benzene rings is 2. The summed E-state index contributed by atoms with van der Waals surface area (Å²) in [4.78, 5) is 13.2. The van der Waals surface area contributed by atoms with Crippen LogP contribution in [-0.4, -0.2) is 27.7 Å². The molecule has 1 aliphatic heterocycles. The highest BCUT2D eigenvalue weighted by atomic mass is 32.2. The Kier molecular flexibility index (Phi) is 5.48. The lowest BCUT2D eigenvalue weighted by Gasteiger charge is -2.18. The third-order valence-corrected chi connectivity index (χ3v) is 7.99. The normalized spacial score (nSPS) is 13.8. The second kappa shape index (κ2) is 8.08. The van der Waals surface area contributed by atoms with Crippen LogP contribution in [-0.2, 0) is 9.84 Å². The molecule has 6 nitrogen and oxygen atoms in total. The van der Waals surface area contributed by atoms with Crippen molar-refractivity contribution in [2.45, 2.75) is 17.1 Å². The van der Waals surface area contributed by atoms with E-state index in [0.717, 1.165) is 6.07 Å². The standard InChI is InChI=1S/C21H18FNO5S2/c1-13-9-15(5-6-16(13)22)30(25,26)20(19-3-2-8-29-19)11-23-21(24)14-4-7-17-18(10-14)28-12-27-17/h2-10,20H,11-12H2,1H3,(H,23,24)/t20-/m0/s1. The molecule has 1 atom stereocenters. The third kappa shape index (κ3) is 3.90. The fraction of sp³-hybridized carbons (Fsp3) is 0.190. The second-order valence-corrected chi connectivity index (χ2v) is 9.85. The van der Waals surface area contributed by atoms with Crippen LogP contribution in [0.4, 0.5) is 4.39 Å². The second-order valence-electron chi connectivity index (χ2n) is 6.74. The number of carbonyl (C=O) groups excluding carboxylic acids is 1. The molecule has 1 aliphatic rings. The third-order valence-electron chi connectivity index (χ3n) is 4.78. The van der Waals surface area contributed by atoms with E-state index in [1.807, 2.05) is 0 Å². The van der Waals surface area contributed by atoms with Gasteiger partial charge in [-0.2, -0.15) is 0 Å². The van der Waals surface area contributed by atoms with Gasteiger partial charge in [0.05, 0.1) is 4.90 Å². The minimum atomic E-state index is -3.87. The number of sulfone groups is 1. The van der Waals surface area contributed by atoms with Crippen LogP contribution < -0.4 is 14.8 Å². The fourth-order valence-corrected chi connectivity index (χ4v) is 5.99. The molecular weight excluding hydrogens is 429 g/mol. The van der Waals surface area contributed by atoms with Gasteiger partial charge in [0.1, 0.15) is 11.1 Å². The maximum absolute atomic E-state index is 13.6. The van der Waals surface area contributed by atoms with E-state index in [1.54, 1.807) is 35.7 Å². The van der Waals surface area contributed by atoms with Crippen molar-refractivity contribution in [3.05, 3.63) is 75.7 Å². The van der Waals surface area contributed by atoms with Crippen LogP contribution in [0.15, 0.2) is 58.8 Å². The van der Waals surface area contributed by atoms with Crippen molar-refractivity contribution in [2.24, 2.45) is 0 Å². The number of fused-ring (bicyclic) bond motifs is 1. The smallest absolute Gasteiger partial charge is 0.251 e. The van der Waals surface area contributed by atoms with Crippen molar-refractivity contribution in [1.82, 2.24) is 5.32 Å². The number of ether oxygens (including phenoxy) is 2. The first kappa shape index (κ1) is 20.4. The van der Waals surface area contributed by atoms with E-state index in [0.29, 0.717) is 21.9 Å². The van der Waals surface area contributed by atoms with E-state index in [-0.39, 0.29) is 23.8 Å². The summed E-state index contributed by atoms with van der Waals surface area (Å²) in [5.41, 5.74) is 0.574. The molecule has 0 radical (unpaired) electrons. The molecule has 156 valence electrons. The van der Waals surface area contributed by atoms with Gasteiger partial charge in [0.25, 0.3) is 5.91 Å². The van der Waals surface area contributed by atoms with Crippen LogP contribution in [0.1, 0.15) is 26.0 Å². The molecule has 1 N–H and O–H groups in total.